The van der Waals surface area contributed by atoms with Gasteiger partial charge in [0.05, 0.1) is 24.2 Å². The molecule has 6 nitrogen and oxygen atoms in total. The standard InChI is InChI=1S/C11H11N5O/c1-15-8(2-3-13-15)11-9(7-17)16-5-4-12-6-10(16)14-11/h2-6,17H,7H2,1H3. The van der Waals surface area contributed by atoms with E-state index in [4.69, 9.17) is 0 Å². The van der Waals surface area contributed by atoms with Crippen molar-refractivity contribution >= 4 is 5.65 Å². The fourth-order valence-corrected chi connectivity index (χ4v) is 1.92. The fraction of sp³-hybridized carbons (Fsp3) is 0.182. The second kappa shape index (κ2) is 3.67. The normalized spacial score (nSPS) is 11.2. The first-order valence-electron chi connectivity index (χ1n) is 5.21. The molecule has 0 unspecified atom stereocenters. The van der Waals surface area contributed by atoms with E-state index in [1.54, 1.807) is 29.5 Å². The third-order valence-corrected chi connectivity index (χ3v) is 2.74. The van der Waals surface area contributed by atoms with E-state index in [0.717, 1.165) is 17.1 Å². The zero-order chi connectivity index (χ0) is 11.8. The van der Waals surface area contributed by atoms with Crippen molar-refractivity contribution in [3.05, 3.63) is 36.5 Å². The number of aliphatic hydroxyl groups is 1. The van der Waals surface area contributed by atoms with Crippen LogP contribution < -0.4 is 0 Å². The minimum atomic E-state index is -0.0777. The number of aliphatic hydroxyl groups excluding tert-OH is 1. The van der Waals surface area contributed by atoms with Crippen LogP contribution in [0.1, 0.15) is 5.69 Å². The highest BCUT2D eigenvalue weighted by Gasteiger charge is 2.15. The lowest BCUT2D eigenvalue weighted by atomic mass is 10.2. The van der Waals surface area contributed by atoms with Gasteiger partial charge in [0, 0.05) is 25.6 Å². The molecule has 0 amide bonds. The summed E-state index contributed by atoms with van der Waals surface area (Å²) in [6.07, 6.45) is 6.83. The molecule has 3 heterocycles. The van der Waals surface area contributed by atoms with Gasteiger partial charge in [-0.15, -0.1) is 0 Å². The first kappa shape index (κ1) is 9.98. The van der Waals surface area contributed by atoms with E-state index in [9.17, 15) is 5.11 Å². The van der Waals surface area contributed by atoms with E-state index in [-0.39, 0.29) is 6.61 Å². The SMILES string of the molecule is Cn1nccc1-c1nc2cnccn2c1CO. The number of imidazole rings is 1. The maximum atomic E-state index is 9.48. The van der Waals surface area contributed by atoms with E-state index in [0.29, 0.717) is 5.65 Å². The summed E-state index contributed by atoms with van der Waals surface area (Å²) in [5.41, 5.74) is 3.07. The first-order valence-corrected chi connectivity index (χ1v) is 5.21. The van der Waals surface area contributed by atoms with Gasteiger partial charge in [0.2, 0.25) is 0 Å². The van der Waals surface area contributed by atoms with Gasteiger partial charge in [-0.1, -0.05) is 0 Å². The monoisotopic (exact) mass is 229 g/mol. The van der Waals surface area contributed by atoms with Crippen LogP contribution in [-0.2, 0) is 13.7 Å². The Balaban J connectivity index is 2.33. The highest BCUT2D eigenvalue weighted by molar-refractivity contribution is 5.62. The van der Waals surface area contributed by atoms with E-state index < -0.39 is 0 Å². The average Bonchev–Trinajstić information content (AvgIpc) is 2.91. The van der Waals surface area contributed by atoms with Crippen molar-refractivity contribution in [2.45, 2.75) is 6.61 Å². The van der Waals surface area contributed by atoms with Crippen LogP contribution in [0.5, 0.6) is 0 Å². The molecule has 0 bridgehead atoms. The molecular formula is C11H11N5O. The molecule has 3 rings (SSSR count). The number of hydrogen-bond acceptors (Lipinski definition) is 4. The van der Waals surface area contributed by atoms with E-state index >= 15 is 0 Å². The molecule has 0 aromatic carbocycles. The quantitative estimate of drug-likeness (QED) is 0.699. The second-order valence-electron chi connectivity index (χ2n) is 3.71. The van der Waals surface area contributed by atoms with Gasteiger partial charge < -0.3 is 5.11 Å². The maximum Gasteiger partial charge on any atom is 0.156 e. The molecule has 0 fully saturated rings. The Bertz CT molecular complexity index is 669. The number of rotatable bonds is 2. The molecule has 0 spiro atoms. The molecule has 3 aromatic heterocycles. The minimum absolute atomic E-state index is 0.0777. The summed E-state index contributed by atoms with van der Waals surface area (Å²) in [5.74, 6) is 0. The van der Waals surface area contributed by atoms with Gasteiger partial charge in [-0.25, -0.2) is 4.98 Å². The van der Waals surface area contributed by atoms with Crippen LogP contribution in [0.2, 0.25) is 0 Å². The van der Waals surface area contributed by atoms with Crippen LogP contribution in [0, 0.1) is 0 Å². The predicted octanol–water partition coefficient (Wildman–Crippen LogP) is 0.622. The molecule has 0 radical (unpaired) electrons. The molecule has 0 saturated carbocycles. The molecule has 17 heavy (non-hydrogen) atoms. The Kier molecular flexibility index (Phi) is 2.15. The third-order valence-electron chi connectivity index (χ3n) is 2.74. The molecule has 0 aliphatic carbocycles. The van der Waals surface area contributed by atoms with Gasteiger partial charge in [0.1, 0.15) is 5.69 Å². The molecular weight excluding hydrogens is 218 g/mol. The number of nitrogens with zero attached hydrogens (tertiary/aromatic N) is 5. The average molecular weight is 229 g/mol. The van der Waals surface area contributed by atoms with E-state index in [1.165, 1.54) is 0 Å². The lowest BCUT2D eigenvalue weighted by Gasteiger charge is -2.01. The van der Waals surface area contributed by atoms with Crippen molar-refractivity contribution in [1.82, 2.24) is 24.1 Å². The van der Waals surface area contributed by atoms with Crippen molar-refractivity contribution in [1.29, 1.82) is 0 Å². The Morgan fingerprint density at radius 3 is 2.94 bits per heavy atom. The zero-order valence-electron chi connectivity index (χ0n) is 9.28. The van der Waals surface area contributed by atoms with Crippen molar-refractivity contribution in [2.75, 3.05) is 0 Å². The lowest BCUT2D eigenvalue weighted by Crippen LogP contribution is -1.98. The first-order chi connectivity index (χ1) is 8.31. The number of fused-ring (bicyclic) bond motifs is 1. The van der Waals surface area contributed by atoms with E-state index in [2.05, 4.69) is 15.1 Å². The van der Waals surface area contributed by atoms with Crippen molar-refractivity contribution in [3.8, 4) is 11.4 Å². The lowest BCUT2D eigenvalue weighted by molar-refractivity contribution is 0.276. The Morgan fingerprint density at radius 2 is 2.24 bits per heavy atom. The Labute approximate surface area is 97.2 Å². The molecule has 86 valence electrons. The third kappa shape index (κ3) is 1.42. The summed E-state index contributed by atoms with van der Waals surface area (Å²) in [6.45, 7) is -0.0777. The van der Waals surface area contributed by atoms with Gasteiger partial charge in [-0.3, -0.25) is 14.1 Å². The van der Waals surface area contributed by atoms with Crippen LogP contribution in [-0.4, -0.2) is 29.3 Å². The molecule has 0 aliphatic rings. The highest BCUT2D eigenvalue weighted by Crippen LogP contribution is 2.23. The largest absolute Gasteiger partial charge is 0.390 e. The zero-order valence-corrected chi connectivity index (χ0v) is 9.28. The van der Waals surface area contributed by atoms with E-state index in [1.807, 2.05) is 17.5 Å². The second-order valence-corrected chi connectivity index (χ2v) is 3.71. The van der Waals surface area contributed by atoms with Crippen molar-refractivity contribution in [3.63, 3.8) is 0 Å². The fourth-order valence-electron chi connectivity index (χ4n) is 1.92. The number of hydrogen-bond donors (Lipinski definition) is 1. The minimum Gasteiger partial charge on any atom is -0.390 e. The summed E-state index contributed by atoms with van der Waals surface area (Å²) in [4.78, 5) is 8.48. The summed E-state index contributed by atoms with van der Waals surface area (Å²) in [6, 6.07) is 1.87. The molecule has 0 atom stereocenters. The van der Waals surface area contributed by atoms with Gasteiger partial charge in [-0.05, 0) is 6.07 Å². The smallest absolute Gasteiger partial charge is 0.156 e. The predicted molar refractivity (Wildman–Crippen MR) is 61.1 cm³/mol. The van der Waals surface area contributed by atoms with Gasteiger partial charge in [0.25, 0.3) is 0 Å². The van der Waals surface area contributed by atoms with Gasteiger partial charge in [0.15, 0.2) is 5.65 Å². The molecule has 1 N–H and O–H groups in total. The summed E-state index contributed by atoms with van der Waals surface area (Å²) >= 11 is 0. The molecule has 0 aliphatic heterocycles. The van der Waals surface area contributed by atoms with Crippen LogP contribution in [0.3, 0.4) is 0 Å². The summed E-state index contributed by atoms with van der Waals surface area (Å²) in [7, 11) is 1.85. The molecule has 6 heteroatoms. The molecule has 0 saturated heterocycles. The van der Waals surface area contributed by atoms with Crippen LogP contribution in [0.4, 0.5) is 0 Å². The Hall–Kier alpha value is -2.21. The van der Waals surface area contributed by atoms with Crippen LogP contribution >= 0.6 is 0 Å². The Morgan fingerprint density at radius 1 is 1.35 bits per heavy atom. The van der Waals surface area contributed by atoms with Gasteiger partial charge in [-0.2, -0.15) is 5.10 Å². The van der Waals surface area contributed by atoms with Gasteiger partial charge >= 0.3 is 0 Å². The van der Waals surface area contributed by atoms with Crippen molar-refractivity contribution in [2.24, 2.45) is 7.05 Å². The van der Waals surface area contributed by atoms with Crippen LogP contribution in [0.25, 0.3) is 17.0 Å². The highest BCUT2D eigenvalue weighted by atomic mass is 16.3. The summed E-state index contributed by atoms with van der Waals surface area (Å²) < 4.78 is 3.56. The van der Waals surface area contributed by atoms with Crippen molar-refractivity contribution < 1.29 is 5.11 Å². The number of aryl methyl sites for hydroxylation is 1. The summed E-state index contributed by atoms with van der Waals surface area (Å²) in [5, 5.41) is 13.6. The molecule has 3 aromatic rings. The van der Waals surface area contributed by atoms with Crippen LogP contribution in [0.15, 0.2) is 30.9 Å². The maximum absolute atomic E-state index is 9.48. The number of aromatic nitrogens is 5. The topological polar surface area (TPSA) is 68.2 Å².